The van der Waals surface area contributed by atoms with E-state index >= 15 is 0 Å². The Hall–Kier alpha value is -0.380. The van der Waals surface area contributed by atoms with E-state index in [0.29, 0.717) is 0 Å². The van der Waals surface area contributed by atoms with Gasteiger partial charge in [0, 0.05) is 30.1 Å². The Labute approximate surface area is 108 Å². The number of nitrogens with two attached hydrogens (primary N) is 1. The Morgan fingerprint density at radius 2 is 2.18 bits per heavy atom. The molecule has 1 saturated carbocycles. The Morgan fingerprint density at radius 3 is 3.00 bits per heavy atom. The summed E-state index contributed by atoms with van der Waals surface area (Å²) in [6.45, 7) is 3.56. The molecule has 1 aromatic heterocycles. The van der Waals surface area contributed by atoms with Crippen LogP contribution in [-0.4, -0.2) is 23.5 Å². The van der Waals surface area contributed by atoms with E-state index in [-0.39, 0.29) is 5.54 Å². The van der Waals surface area contributed by atoms with Crippen LogP contribution in [0.25, 0.3) is 0 Å². The molecule has 0 radical (unpaired) electrons. The highest BCUT2D eigenvalue weighted by molar-refractivity contribution is 7.10. The minimum absolute atomic E-state index is 0.162. The van der Waals surface area contributed by atoms with Gasteiger partial charge in [-0.15, -0.1) is 11.3 Å². The van der Waals surface area contributed by atoms with Gasteiger partial charge in [0.05, 0.1) is 0 Å². The molecular formula is C14H22N2S. The first-order chi connectivity index (χ1) is 8.25. The van der Waals surface area contributed by atoms with Gasteiger partial charge in [-0.1, -0.05) is 12.8 Å². The van der Waals surface area contributed by atoms with Gasteiger partial charge in [0.25, 0.3) is 0 Å². The summed E-state index contributed by atoms with van der Waals surface area (Å²) < 4.78 is 0. The maximum absolute atomic E-state index is 6.43. The second-order valence-corrected chi connectivity index (χ2v) is 6.72. The van der Waals surface area contributed by atoms with Crippen LogP contribution in [0.2, 0.25) is 0 Å². The second-order valence-electron chi connectivity index (χ2n) is 5.71. The average Bonchev–Trinajstić information content (AvgIpc) is 2.95. The monoisotopic (exact) mass is 250 g/mol. The van der Waals surface area contributed by atoms with Crippen LogP contribution in [0.15, 0.2) is 11.4 Å². The van der Waals surface area contributed by atoms with Crippen LogP contribution in [0, 0.1) is 0 Å². The van der Waals surface area contributed by atoms with Crippen LogP contribution >= 0.6 is 11.3 Å². The SMILES string of the molecule is NC1(CCN2CCc3sccc3C2)CCCC1. The number of nitrogens with zero attached hydrogens (tertiary/aromatic N) is 1. The van der Waals surface area contributed by atoms with E-state index in [1.54, 1.807) is 10.4 Å². The molecule has 0 bridgehead atoms. The molecule has 0 atom stereocenters. The summed E-state index contributed by atoms with van der Waals surface area (Å²) in [5.74, 6) is 0. The standard InChI is InChI=1S/C14H22N2S/c15-14(5-1-2-6-14)7-9-16-8-3-13-12(11-16)4-10-17-13/h4,10H,1-3,5-9,11,15H2. The molecule has 2 nitrogen and oxygen atoms in total. The first-order valence-corrected chi connectivity index (χ1v) is 7.70. The quantitative estimate of drug-likeness (QED) is 0.894. The lowest BCUT2D eigenvalue weighted by atomic mass is 9.94. The van der Waals surface area contributed by atoms with E-state index in [2.05, 4.69) is 16.3 Å². The van der Waals surface area contributed by atoms with E-state index in [0.717, 1.165) is 6.54 Å². The van der Waals surface area contributed by atoms with Crippen molar-refractivity contribution in [3.8, 4) is 0 Å². The van der Waals surface area contributed by atoms with E-state index in [9.17, 15) is 0 Å². The van der Waals surface area contributed by atoms with Crippen molar-refractivity contribution in [1.82, 2.24) is 4.90 Å². The van der Waals surface area contributed by atoms with Gasteiger partial charge in [-0.2, -0.15) is 0 Å². The highest BCUT2D eigenvalue weighted by Crippen LogP contribution is 2.31. The zero-order valence-electron chi connectivity index (χ0n) is 10.5. The Morgan fingerprint density at radius 1 is 1.35 bits per heavy atom. The van der Waals surface area contributed by atoms with E-state index in [4.69, 9.17) is 5.73 Å². The third-order valence-corrected chi connectivity index (χ3v) is 5.43. The summed E-state index contributed by atoms with van der Waals surface area (Å²) >= 11 is 1.92. The van der Waals surface area contributed by atoms with Gasteiger partial charge in [0.1, 0.15) is 0 Å². The predicted molar refractivity (Wildman–Crippen MR) is 73.3 cm³/mol. The van der Waals surface area contributed by atoms with E-state index in [1.807, 2.05) is 11.3 Å². The molecule has 94 valence electrons. The molecule has 0 aromatic carbocycles. The van der Waals surface area contributed by atoms with E-state index in [1.165, 1.54) is 51.6 Å². The number of rotatable bonds is 3. The number of hydrogen-bond acceptors (Lipinski definition) is 3. The van der Waals surface area contributed by atoms with Gasteiger partial charge in [0.2, 0.25) is 0 Å². The molecule has 3 rings (SSSR count). The summed E-state index contributed by atoms with van der Waals surface area (Å²) in [4.78, 5) is 4.19. The summed E-state index contributed by atoms with van der Waals surface area (Å²) in [6.07, 6.45) is 7.59. The number of fused-ring (bicyclic) bond motifs is 1. The van der Waals surface area contributed by atoms with Crippen LogP contribution in [0.5, 0.6) is 0 Å². The molecular weight excluding hydrogens is 228 g/mol. The van der Waals surface area contributed by atoms with Gasteiger partial charge in [-0.05, 0) is 42.7 Å². The number of thiophene rings is 1. The van der Waals surface area contributed by atoms with Crippen LogP contribution in [0.3, 0.4) is 0 Å². The average molecular weight is 250 g/mol. The van der Waals surface area contributed by atoms with Crippen molar-refractivity contribution in [3.63, 3.8) is 0 Å². The highest BCUT2D eigenvalue weighted by atomic mass is 32.1. The summed E-state index contributed by atoms with van der Waals surface area (Å²) in [5, 5.41) is 2.23. The Bertz CT molecular complexity index is 379. The lowest BCUT2D eigenvalue weighted by molar-refractivity contribution is 0.224. The summed E-state index contributed by atoms with van der Waals surface area (Å²) in [7, 11) is 0. The molecule has 1 aliphatic carbocycles. The molecule has 0 saturated heterocycles. The largest absolute Gasteiger partial charge is 0.325 e. The van der Waals surface area contributed by atoms with Crippen molar-refractivity contribution in [1.29, 1.82) is 0 Å². The molecule has 2 N–H and O–H groups in total. The first-order valence-electron chi connectivity index (χ1n) is 6.82. The normalized spacial score (nSPS) is 23.8. The van der Waals surface area contributed by atoms with Gasteiger partial charge < -0.3 is 5.73 Å². The van der Waals surface area contributed by atoms with Crippen LogP contribution in [0.1, 0.15) is 42.5 Å². The maximum Gasteiger partial charge on any atom is 0.0244 e. The topological polar surface area (TPSA) is 29.3 Å². The van der Waals surface area contributed by atoms with Crippen LogP contribution in [-0.2, 0) is 13.0 Å². The zero-order valence-corrected chi connectivity index (χ0v) is 11.3. The minimum Gasteiger partial charge on any atom is -0.325 e. The first kappa shape index (κ1) is 11.7. The molecule has 0 amide bonds. The lowest BCUT2D eigenvalue weighted by Crippen LogP contribution is -2.41. The lowest BCUT2D eigenvalue weighted by Gasteiger charge is -2.31. The van der Waals surface area contributed by atoms with Crippen molar-refractivity contribution in [3.05, 3.63) is 21.9 Å². The Balaban J connectivity index is 1.54. The van der Waals surface area contributed by atoms with Gasteiger partial charge in [0.15, 0.2) is 0 Å². The zero-order chi connectivity index (χ0) is 11.7. The second kappa shape index (κ2) is 4.71. The maximum atomic E-state index is 6.43. The molecule has 3 heteroatoms. The summed E-state index contributed by atoms with van der Waals surface area (Å²) in [6, 6.07) is 2.29. The molecule has 0 spiro atoms. The van der Waals surface area contributed by atoms with Crippen molar-refractivity contribution < 1.29 is 0 Å². The molecule has 2 aliphatic rings. The van der Waals surface area contributed by atoms with Crippen molar-refractivity contribution in [2.24, 2.45) is 5.73 Å². The minimum atomic E-state index is 0.162. The molecule has 1 aromatic rings. The van der Waals surface area contributed by atoms with Crippen molar-refractivity contribution in [2.45, 2.75) is 50.6 Å². The predicted octanol–water partition coefficient (Wildman–Crippen LogP) is 2.77. The van der Waals surface area contributed by atoms with Gasteiger partial charge in [-0.25, -0.2) is 0 Å². The van der Waals surface area contributed by atoms with Crippen LogP contribution in [0.4, 0.5) is 0 Å². The van der Waals surface area contributed by atoms with E-state index < -0.39 is 0 Å². The smallest absolute Gasteiger partial charge is 0.0244 e. The fraction of sp³-hybridized carbons (Fsp3) is 0.714. The third kappa shape index (κ3) is 2.56. The molecule has 0 unspecified atom stereocenters. The summed E-state index contributed by atoms with van der Waals surface area (Å²) in [5.41, 5.74) is 8.14. The molecule has 17 heavy (non-hydrogen) atoms. The molecule has 1 fully saturated rings. The fourth-order valence-electron chi connectivity index (χ4n) is 3.21. The van der Waals surface area contributed by atoms with Gasteiger partial charge >= 0.3 is 0 Å². The Kier molecular flexibility index (Phi) is 3.24. The van der Waals surface area contributed by atoms with Crippen molar-refractivity contribution in [2.75, 3.05) is 13.1 Å². The fourth-order valence-corrected chi connectivity index (χ4v) is 4.10. The highest BCUT2D eigenvalue weighted by Gasteiger charge is 2.29. The van der Waals surface area contributed by atoms with Gasteiger partial charge in [-0.3, -0.25) is 4.90 Å². The third-order valence-electron chi connectivity index (χ3n) is 4.41. The van der Waals surface area contributed by atoms with Crippen molar-refractivity contribution >= 4 is 11.3 Å². The van der Waals surface area contributed by atoms with Crippen LogP contribution < -0.4 is 5.73 Å². The molecule has 1 aliphatic heterocycles. The molecule has 2 heterocycles. The number of hydrogen-bond donors (Lipinski definition) is 1.